The van der Waals surface area contributed by atoms with Crippen molar-refractivity contribution in [3.05, 3.63) is 28.8 Å². The zero-order chi connectivity index (χ0) is 16.9. The third-order valence-corrected chi connectivity index (χ3v) is 4.30. The summed E-state index contributed by atoms with van der Waals surface area (Å²) in [5, 5.41) is 5.70. The second-order valence-corrected chi connectivity index (χ2v) is 6.22. The summed E-state index contributed by atoms with van der Waals surface area (Å²) in [5.74, 6) is -0.393. The molecule has 1 aromatic rings. The van der Waals surface area contributed by atoms with Crippen LogP contribution in [-0.4, -0.2) is 18.5 Å². The largest absolute Gasteiger partial charge is 0.416 e. The maximum Gasteiger partial charge on any atom is 0.416 e. The highest BCUT2D eigenvalue weighted by Crippen LogP contribution is 2.33. The maximum absolute atomic E-state index is 12.7. The van der Waals surface area contributed by atoms with E-state index in [0.29, 0.717) is 6.04 Å². The van der Waals surface area contributed by atoms with Gasteiger partial charge in [-0.1, -0.05) is 37.3 Å². The molecule has 1 saturated carbocycles. The van der Waals surface area contributed by atoms with Gasteiger partial charge in [-0.15, -0.1) is 0 Å². The molecule has 3 nitrogen and oxygen atoms in total. The maximum atomic E-state index is 12.7. The number of hydrogen-bond acceptors (Lipinski definition) is 2. The molecule has 2 rings (SSSR count). The zero-order valence-electron chi connectivity index (χ0n) is 12.7. The lowest BCUT2D eigenvalue weighted by molar-refractivity contribution is -0.137. The molecule has 1 aliphatic rings. The Morgan fingerprint density at radius 2 is 1.83 bits per heavy atom. The van der Waals surface area contributed by atoms with E-state index in [1.54, 1.807) is 0 Å². The Morgan fingerprint density at radius 1 is 1.17 bits per heavy atom. The van der Waals surface area contributed by atoms with Crippen molar-refractivity contribution in [2.45, 2.75) is 50.7 Å². The molecule has 1 fully saturated rings. The minimum absolute atomic E-state index is 0.0193. The van der Waals surface area contributed by atoms with Gasteiger partial charge in [-0.3, -0.25) is 4.79 Å². The number of halogens is 4. The molecule has 0 bridgehead atoms. The van der Waals surface area contributed by atoms with Gasteiger partial charge in [0.2, 0.25) is 5.91 Å². The summed E-state index contributed by atoms with van der Waals surface area (Å²) in [6.45, 7) is 0.0667. The molecule has 0 aliphatic heterocycles. The van der Waals surface area contributed by atoms with Crippen LogP contribution in [0.5, 0.6) is 0 Å². The first kappa shape index (κ1) is 18.1. The SMILES string of the molecule is O=C(CNC1CCCCCC1)Nc1cc(C(F)(F)F)ccc1Cl. The average molecular weight is 349 g/mol. The van der Waals surface area contributed by atoms with Gasteiger partial charge in [-0.25, -0.2) is 0 Å². The predicted molar refractivity (Wildman–Crippen MR) is 84.6 cm³/mol. The second kappa shape index (κ2) is 8.02. The van der Waals surface area contributed by atoms with Crippen molar-refractivity contribution in [2.75, 3.05) is 11.9 Å². The quantitative estimate of drug-likeness (QED) is 0.780. The first-order valence-electron chi connectivity index (χ1n) is 7.76. The van der Waals surface area contributed by atoms with Crippen LogP contribution in [0.2, 0.25) is 5.02 Å². The molecular formula is C16H20ClF3N2O. The van der Waals surface area contributed by atoms with E-state index in [9.17, 15) is 18.0 Å². The van der Waals surface area contributed by atoms with E-state index in [1.165, 1.54) is 12.8 Å². The second-order valence-electron chi connectivity index (χ2n) is 5.81. The normalized spacial score (nSPS) is 16.9. The van der Waals surface area contributed by atoms with Gasteiger partial charge in [0.25, 0.3) is 0 Å². The van der Waals surface area contributed by atoms with E-state index in [2.05, 4.69) is 10.6 Å². The number of carbonyl (C=O) groups excluding carboxylic acids is 1. The summed E-state index contributed by atoms with van der Waals surface area (Å²) < 4.78 is 38.1. The summed E-state index contributed by atoms with van der Waals surface area (Å²) in [7, 11) is 0. The van der Waals surface area contributed by atoms with Crippen LogP contribution < -0.4 is 10.6 Å². The van der Waals surface area contributed by atoms with Gasteiger partial charge in [0.1, 0.15) is 0 Å². The van der Waals surface area contributed by atoms with Crippen LogP contribution in [0, 0.1) is 0 Å². The van der Waals surface area contributed by atoms with Gasteiger partial charge in [0.05, 0.1) is 22.8 Å². The number of benzene rings is 1. The van der Waals surface area contributed by atoms with Gasteiger partial charge in [0, 0.05) is 6.04 Å². The van der Waals surface area contributed by atoms with Crippen molar-refractivity contribution >= 4 is 23.2 Å². The van der Waals surface area contributed by atoms with Gasteiger partial charge in [0.15, 0.2) is 0 Å². The number of rotatable bonds is 4. The fourth-order valence-electron chi connectivity index (χ4n) is 2.71. The number of anilines is 1. The van der Waals surface area contributed by atoms with Gasteiger partial charge >= 0.3 is 6.18 Å². The highest BCUT2D eigenvalue weighted by atomic mass is 35.5. The van der Waals surface area contributed by atoms with Crippen LogP contribution in [0.4, 0.5) is 18.9 Å². The summed E-state index contributed by atoms with van der Waals surface area (Å²) in [5.41, 5.74) is -0.858. The molecule has 1 aromatic carbocycles. The van der Waals surface area contributed by atoms with Crippen molar-refractivity contribution in [3.63, 3.8) is 0 Å². The molecule has 0 radical (unpaired) electrons. The molecule has 0 saturated heterocycles. The van der Waals surface area contributed by atoms with Crippen molar-refractivity contribution in [1.29, 1.82) is 0 Å². The summed E-state index contributed by atoms with van der Waals surface area (Å²) in [6, 6.07) is 3.17. The van der Waals surface area contributed by atoms with E-state index < -0.39 is 17.6 Å². The van der Waals surface area contributed by atoms with Crippen molar-refractivity contribution in [1.82, 2.24) is 5.32 Å². The Hall–Kier alpha value is -1.27. The molecule has 0 spiro atoms. The van der Waals surface area contributed by atoms with Gasteiger partial charge in [-0.05, 0) is 31.0 Å². The van der Waals surface area contributed by atoms with Crippen LogP contribution in [0.15, 0.2) is 18.2 Å². The van der Waals surface area contributed by atoms with Crippen molar-refractivity contribution in [3.8, 4) is 0 Å². The summed E-state index contributed by atoms with van der Waals surface area (Å²) in [6.07, 6.45) is 2.28. The summed E-state index contributed by atoms with van der Waals surface area (Å²) >= 11 is 5.86. The molecule has 0 aromatic heterocycles. The van der Waals surface area contributed by atoms with E-state index >= 15 is 0 Å². The molecule has 23 heavy (non-hydrogen) atoms. The Kier molecular flexibility index (Phi) is 6.30. The van der Waals surface area contributed by atoms with Crippen LogP contribution in [-0.2, 0) is 11.0 Å². The zero-order valence-corrected chi connectivity index (χ0v) is 13.4. The molecule has 0 unspecified atom stereocenters. The average Bonchev–Trinajstić information content (AvgIpc) is 2.75. The van der Waals surface area contributed by atoms with Crippen molar-refractivity contribution < 1.29 is 18.0 Å². The van der Waals surface area contributed by atoms with E-state index in [4.69, 9.17) is 11.6 Å². The topological polar surface area (TPSA) is 41.1 Å². The lowest BCUT2D eigenvalue weighted by atomic mass is 10.1. The Bertz CT molecular complexity index is 541. The molecule has 7 heteroatoms. The van der Waals surface area contributed by atoms with E-state index in [1.807, 2.05) is 0 Å². The highest BCUT2D eigenvalue weighted by molar-refractivity contribution is 6.33. The lowest BCUT2D eigenvalue weighted by Crippen LogP contribution is -2.35. The fraction of sp³-hybridized carbons (Fsp3) is 0.562. The standard InChI is InChI=1S/C16H20ClF3N2O/c17-13-8-7-11(16(18,19)20)9-14(13)22-15(23)10-21-12-5-3-1-2-4-6-12/h7-9,12,21H,1-6,10H2,(H,22,23). The smallest absolute Gasteiger partial charge is 0.324 e. The van der Waals surface area contributed by atoms with Crippen LogP contribution in [0.3, 0.4) is 0 Å². The highest BCUT2D eigenvalue weighted by Gasteiger charge is 2.31. The molecule has 1 amide bonds. The Morgan fingerprint density at radius 3 is 2.43 bits per heavy atom. The number of nitrogens with one attached hydrogen (secondary N) is 2. The van der Waals surface area contributed by atoms with Crippen LogP contribution >= 0.6 is 11.6 Å². The Balaban J connectivity index is 1.91. The summed E-state index contributed by atoms with van der Waals surface area (Å²) in [4.78, 5) is 11.9. The Labute approximate surface area is 138 Å². The van der Waals surface area contributed by atoms with Gasteiger partial charge < -0.3 is 10.6 Å². The number of hydrogen-bond donors (Lipinski definition) is 2. The minimum atomic E-state index is -4.47. The molecule has 1 aliphatic carbocycles. The first-order valence-corrected chi connectivity index (χ1v) is 8.14. The van der Waals surface area contributed by atoms with Crippen LogP contribution in [0.25, 0.3) is 0 Å². The molecule has 2 N–H and O–H groups in total. The third-order valence-electron chi connectivity index (χ3n) is 3.97. The fourth-order valence-corrected chi connectivity index (χ4v) is 2.88. The molecule has 0 heterocycles. The molecule has 128 valence electrons. The molecular weight excluding hydrogens is 329 g/mol. The molecule has 0 atom stereocenters. The first-order chi connectivity index (χ1) is 10.9. The number of carbonyl (C=O) groups is 1. The van der Waals surface area contributed by atoms with E-state index in [-0.39, 0.29) is 17.3 Å². The van der Waals surface area contributed by atoms with Gasteiger partial charge in [-0.2, -0.15) is 13.2 Å². The number of amides is 1. The van der Waals surface area contributed by atoms with Crippen LogP contribution in [0.1, 0.15) is 44.1 Å². The van der Waals surface area contributed by atoms with E-state index in [0.717, 1.165) is 43.9 Å². The third kappa shape index (κ3) is 5.70. The minimum Gasteiger partial charge on any atom is -0.324 e. The monoisotopic (exact) mass is 348 g/mol. The number of alkyl halides is 3. The lowest BCUT2D eigenvalue weighted by Gasteiger charge is -2.16. The van der Waals surface area contributed by atoms with Crippen molar-refractivity contribution in [2.24, 2.45) is 0 Å². The predicted octanol–water partition coefficient (Wildman–Crippen LogP) is 4.61.